The van der Waals surface area contributed by atoms with Crippen LogP contribution in [0.15, 0.2) is 18.2 Å². The molecule has 2 N–H and O–H groups in total. The topological polar surface area (TPSA) is 68.8 Å². The Morgan fingerprint density at radius 1 is 1.22 bits per heavy atom. The smallest absolute Gasteiger partial charge is 0.252 e. The molecule has 0 spiro atoms. The van der Waals surface area contributed by atoms with Gasteiger partial charge in [-0.3, -0.25) is 4.79 Å². The summed E-state index contributed by atoms with van der Waals surface area (Å²) in [5.41, 5.74) is 0.132. The summed E-state index contributed by atoms with van der Waals surface area (Å²) < 4.78 is 16.1. The summed E-state index contributed by atoms with van der Waals surface area (Å²) in [4.78, 5) is 12.5. The number of carbonyl (C=O) groups is 1. The Labute approximate surface area is 143 Å². The van der Waals surface area contributed by atoms with E-state index in [1.807, 2.05) is 18.2 Å². The maximum absolute atomic E-state index is 12.5. The number of hydrogen-bond donors (Lipinski definition) is 2. The number of carbonyl (C=O) groups excluding carboxylic acids is 1. The number of amides is 1. The molecule has 1 saturated heterocycles. The molecular weight excluding hydrogens is 320 g/mol. The lowest BCUT2D eigenvalue weighted by atomic mass is 9.91. The third-order valence-corrected chi connectivity index (χ3v) is 4.14. The number of halogens is 1. The molecule has 1 aliphatic rings. The number of nitrogens with one attached hydrogen (secondary N) is 2. The minimum Gasteiger partial charge on any atom is -0.497 e. The zero-order valence-electron chi connectivity index (χ0n) is 13.8. The highest BCUT2D eigenvalue weighted by atomic mass is 35.5. The Hall–Kier alpha value is -1.50. The van der Waals surface area contributed by atoms with Gasteiger partial charge in [-0.1, -0.05) is 0 Å². The van der Waals surface area contributed by atoms with E-state index in [0.29, 0.717) is 19.4 Å². The maximum atomic E-state index is 12.5. The van der Waals surface area contributed by atoms with E-state index in [1.54, 1.807) is 21.3 Å². The molecule has 0 aliphatic carbocycles. The predicted octanol–water partition coefficient (Wildman–Crippen LogP) is 1.51. The van der Waals surface area contributed by atoms with Gasteiger partial charge >= 0.3 is 0 Å². The summed E-state index contributed by atoms with van der Waals surface area (Å²) in [5, 5.41) is 6.20. The molecule has 1 aliphatic heterocycles. The summed E-state index contributed by atoms with van der Waals surface area (Å²) in [6.45, 7) is 1.94. The molecule has 0 atom stereocenters. The second-order valence-corrected chi connectivity index (χ2v) is 5.31. The van der Waals surface area contributed by atoms with E-state index in [1.165, 1.54) is 0 Å². The van der Waals surface area contributed by atoms with Gasteiger partial charge in [-0.15, -0.1) is 12.4 Å². The van der Waals surface area contributed by atoms with E-state index in [2.05, 4.69) is 10.6 Å². The number of rotatable bonds is 6. The molecule has 6 nitrogen and oxygen atoms in total. The summed E-state index contributed by atoms with van der Waals surface area (Å²) in [5.74, 6) is 1.37. The monoisotopic (exact) mass is 344 g/mol. The highest BCUT2D eigenvalue weighted by molar-refractivity contribution is 5.85. The summed E-state index contributed by atoms with van der Waals surface area (Å²) in [6.07, 6.45) is 1.34. The van der Waals surface area contributed by atoms with Gasteiger partial charge in [0, 0.05) is 19.2 Å². The SMILES string of the molecule is COc1ccc(OC)c(CNC(=O)C2(OC)CCNCC2)c1.Cl. The van der Waals surface area contributed by atoms with E-state index in [0.717, 1.165) is 30.2 Å². The standard InChI is InChI=1S/C16H24N2O4.ClH/c1-20-13-4-5-14(21-2)12(10-13)11-18-15(19)16(22-3)6-8-17-9-7-16;/h4-5,10,17H,6-9,11H2,1-3H3,(H,18,19);1H. The number of piperidine rings is 1. The quantitative estimate of drug-likeness (QED) is 0.818. The molecule has 1 heterocycles. The molecule has 7 heteroatoms. The van der Waals surface area contributed by atoms with Crippen molar-refractivity contribution >= 4 is 18.3 Å². The van der Waals surface area contributed by atoms with Crippen LogP contribution in [-0.2, 0) is 16.1 Å². The van der Waals surface area contributed by atoms with Gasteiger partial charge in [-0.05, 0) is 44.1 Å². The average molecular weight is 345 g/mol. The van der Waals surface area contributed by atoms with E-state index >= 15 is 0 Å². The largest absolute Gasteiger partial charge is 0.497 e. The zero-order chi connectivity index (χ0) is 16.0. The predicted molar refractivity (Wildman–Crippen MR) is 90.5 cm³/mol. The van der Waals surface area contributed by atoms with Crippen LogP contribution in [0.25, 0.3) is 0 Å². The van der Waals surface area contributed by atoms with E-state index < -0.39 is 5.60 Å². The molecule has 1 amide bonds. The van der Waals surface area contributed by atoms with Gasteiger partial charge in [0.05, 0.1) is 14.2 Å². The molecule has 2 rings (SSSR count). The highest BCUT2D eigenvalue weighted by Gasteiger charge is 2.39. The van der Waals surface area contributed by atoms with Crippen molar-refractivity contribution in [1.29, 1.82) is 0 Å². The number of benzene rings is 1. The normalized spacial score (nSPS) is 16.1. The van der Waals surface area contributed by atoms with Crippen LogP contribution in [-0.4, -0.2) is 45.9 Å². The van der Waals surface area contributed by atoms with Crippen LogP contribution in [0.3, 0.4) is 0 Å². The Bertz CT molecular complexity index is 519. The van der Waals surface area contributed by atoms with Crippen LogP contribution in [0.1, 0.15) is 18.4 Å². The average Bonchev–Trinajstić information content (AvgIpc) is 2.59. The van der Waals surface area contributed by atoms with Gasteiger partial charge in [0.25, 0.3) is 5.91 Å². The van der Waals surface area contributed by atoms with Gasteiger partial charge < -0.3 is 24.8 Å². The second kappa shape index (κ2) is 8.96. The molecule has 0 bridgehead atoms. The molecule has 0 radical (unpaired) electrons. The van der Waals surface area contributed by atoms with Gasteiger partial charge in [-0.2, -0.15) is 0 Å². The second-order valence-electron chi connectivity index (χ2n) is 5.31. The summed E-state index contributed by atoms with van der Waals surface area (Å²) in [6, 6.07) is 5.52. The summed E-state index contributed by atoms with van der Waals surface area (Å²) >= 11 is 0. The maximum Gasteiger partial charge on any atom is 0.252 e. The van der Waals surface area contributed by atoms with E-state index in [4.69, 9.17) is 14.2 Å². The Kier molecular flexibility index (Phi) is 7.61. The fraction of sp³-hybridized carbons (Fsp3) is 0.562. The molecule has 130 valence electrons. The molecule has 0 aromatic heterocycles. The Balaban J connectivity index is 0.00000264. The van der Waals surface area contributed by atoms with Crippen molar-refractivity contribution in [3.63, 3.8) is 0 Å². The molecule has 0 unspecified atom stereocenters. The van der Waals surface area contributed by atoms with Gasteiger partial charge in [-0.25, -0.2) is 0 Å². The lowest BCUT2D eigenvalue weighted by Gasteiger charge is -2.34. The first-order chi connectivity index (χ1) is 10.6. The van der Waals surface area contributed by atoms with Crippen molar-refractivity contribution in [3.05, 3.63) is 23.8 Å². The highest BCUT2D eigenvalue weighted by Crippen LogP contribution is 2.25. The third-order valence-electron chi connectivity index (χ3n) is 4.14. The van der Waals surface area contributed by atoms with E-state index in [-0.39, 0.29) is 18.3 Å². The Morgan fingerprint density at radius 3 is 2.48 bits per heavy atom. The molecule has 1 fully saturated rings. The first-order valence-electron chi connectivity index (χ1n) is 7.40. The van der Waals surface area contributed by atoms with E-state index in [9.17, 15) is 4.79 Å². The van der Waals surface area contributed by atoms with Crippen molar-refractivity contribution < 1.29 is 19.0 Å². The van der Waals surface area contributed by atoms with Gasteiger partial charge in [0.1, 0.15) is 17.1 Å². The first kappa shape index (κ1) is 19.5. The number of ether oxygens (including phenoxy) is 3. The number of methoxy groups -OCH3 is 3. The van der Waals surface area contributed by atoms with Crippen molar-refractivity contribution in [3.8, 4) is 11.5 Å². The molecule has 1 aromatic rings. The van der Waals surface area contributed by atoms with Gasteiger partial charge in [0.15, 0.2) is 0 Å². The Morgan fingerprint density at radius 2 is 1.91 bits per heavy atom. The van der Waals surface area contributed by atoms with Crippen molar-refractivity contribution in [2.24, 2.45) is 0 Å². The van der Waals surface area contributed by atoms with Crippen LogP contribution in [0.4, 0.5) is 0 Å². The minimum atomic E-state index is -0.739. The lowest BCUT2D eigenvalue weighted by molar-refractivity contribution is -0.146. The summed E-state index contributed by atoms with van der Waals surface area (Å²) in [7, 11) is 4.81. The molecule has 1 aromatic carbocycles. The van der Waals surface area contributed by atoms with Crippen molar-refractivity contribution in [2.45, 2.75) is 25.0 Å². The fourth-order valence-corrected chi connectivity index (χ4v) is 2.71. The van der Waals surface area contributed by atoms with Gasteiger partial charge in [0.2, 0.25) is 0 Å². The molecule has 0 saturated carbocycles. The zero-order valence-corrected chi connectivity index (χ0v) is 14.6. The van der Waals surface area contributed by atoms with Crippen molar-refractivity contribution in [1.82, 2.24) is 10.6 Å². The van der Waals surface area contributed by atoms with Crippen LogP contribution >= 0.6 is 12.4 Å². The van der Waals surface area contributed by atoms with Crippen LogP contribution in [0, 0.1) is 0 Å². The van der Waals surface area contributed by atoms with Crippen LogP contribution in [0.2, 0.25) is 0 Å². The fourth-order valence-electron chi connectivity index (χ4n) is 2.71. The lowest BCUT2D eigenvalue weighted by Crippen LogP contribution is -2.53. The molecular formula is C16H25ClN2O4. The van der Waals surface area contributed by atoms with Crippen LogP contribution < -0.4 is 20.1 Å². The molecule has 23 heavy (non-hydrogen) atoms. The third kappa shape index (κ3) is 4.50. The first-order valence-corrected chi connectivity index (χ1v) is 7.40. The minimum absolute atomic E-state index is 0. The van der Waals surface area contributed by atoms with Crippen LogP contribution in [0.5, 0.6) is 11.5 Å². The number of hydrogen-bond acceptors (Lipinski definition) is 5. The van der Waals surface area contributed by atoms with Crippen molar-refractivity contribution in [2.75, 3.05) is 34.4 Å².